The van der Waals surface area contributed by atoms with Crippen LogP contribution in [0.3, 0.4) is 0 Å². The molecule has 1 N–H and O–H groups in total. The van der Waals surface area contributed by atoms with Gasteiger partial charge in [-0.3, -0.25) is 9.59 Å². The van der Waals surface area contributed by atoms with Gasteiger partial charge in [-0.15, -0.1) is 0 Å². The first-order valence-electron chi connectivity index (χ1n) is 9.78. The molecule has 0 bridgehead atoms. The van der Waals surface area contributed by atoms with E-state index in [-0.39, 0.29) is 24.2 Å². The molecule has 2 amide bonds. The van der Waals surface area contributed by atoms with E-state index in [9.17, 15) is 14.7 Å². The predicted molar refractivity (Wildman–Crippen MR) is 96.4 cm³/mol. The summed E-state index contributed by atoms with van der Waals surface area (Å²) in [5.74, 6) is 0.324. The second-order valence-electron chi connectivity index (χ2n) is 8.21. The van der Waals surface area contributed by atoms with Crippen LogP contribution in [0.15, 0.2) is 6.33 Å². The zero-order valence-electron chi connectivity index (χ0n) is 15.9. The number of rotatable bonds is 3. The summed E-state index contributed by atoms with van der Waals surface area (Å²) in [5.41, 5.74) is -0.867. The van der Waals surface area contributed by atoms with E-state index in [0.29, 0.717) is 51.4 Å². The van der Waals surface area contributed by atoms with Crippen molar-refractivity contribution in [3.05, 3.63) is 12.2 Å². The number of piperazine rings is 1. The Morgan fingerprint density at radius 2 is 1.93 bits per heavy atom. The summed E-state index contributed by atoms with van der Waals surface area (Å²) in [6, 6.07) is 0. The standard InChI is InChI=1S/C18H28N6O3/c1-21-5-7-22(8-6-21)17(26)14-10-23(12-15-19-13-20-24(15)11-14)16(25)9-18(27)3-2-4-18/h13-14,27H,2-12H2,1H3. The Kier molecular flexibility index (Phi) is 4.90. The van der Waals surface area contributed by atoms with Crippen molar-refractivity contribution in [3.63, 3.8) is 0 Å². The van der Waals surface area contributed by atoms with Crippen LogP contribution < -0.4 is 0 Å². The SMILES string of the molecule is CN1CCN(C(=O)C2CN(C(=O)CC3(O)CCC3)Cc3ncnn3C2)CC1. The molecule has 3 aliphatic rings. The minimum Gasteiger partial charge on any atom is -0.389 e. The molecule has 1 aromatic heterocycles. The maximum absolute atomic E-state index is 13.1. The Bertz CT molecular complexity index is 708. The first-order chi connectivity index (χ1) is 12.9. The Balaban J connectivity index is 1.49. The van der Waals surface area contributed by atoms with Crippen LogP contribution in [0.5, 0.6) is 0 Å². The maximum Gasteiger partial charge on any atom is 0.229 e. The van der Waals surface area contributed by atoms with Crippen LogP contribution in [0.25, 0.3) is 0 Å². The average Bonchev–Trinajstić information content (AvgIpc) is 2.97. The van der Waals surface area contributed by atoms with E-state index in [1.54, 1.807) is 9.58 Å². The van der Waals surface area contributed by atoms with E-state index in [1.165, 1.54) is 6.33 Å². The third kappa shape index (κ3) is 3.84. The highest BCUT2D eigenvalue weighted by Gasteiger charge is 2.40. The van der Waals surface area contributed by atoms with Gasteiger partial charge >= 0.3 is 0 Å². The van der Waals surface area contributed by atoms with Gasteiger partial charge in [-0.25, -0.2) is 9.67 Å². The Morgan fingerprint density at radius 3 is 2.59 bits per heavy atom. The van der Waals surface area contributed by atoms with Gasteiger partial charge in [-0.1, -0.05) is 0 Å². The van der Waals surface area contributed by atoms with Crippen LogP contribution in [-0.4, -0.2) is 91.8 Å². The molecular weight excluding hydrogens is 348 g/mol. The van der Waals surface area contributed by atoms with E-state index < -0.39 is 5.60 Å². The van der Waals surface area contributed by atoms with Crippen LogP contribution in [-0.2, 0) is 22.7 Å². The predicted octanol–water partition coefficient (Wildman–Crippen LogP) is -0.684. The number of aliphatic hydroxyl groups is 1. The summed E-state index contributed by atoms with van der Waals surface area (Å²) in [6.45, 7) is 4.28. The van der Waals surface area contributed by atoms with Gasteiger partial charge in [-0.05, 0) is 26.3 Å². The zero-order chi connectivity index (χ0) is 19.0. The molecule has 0 aromatic carbocycles. The van der Waals surface area contributed by atoms with E-state index >= 15 is 0 Å². The lowest BCUT2D eigenvalue weighted by Gasteiger charge is -2.38. The minimum absolute atomic E-state index is 0.0756. The van der Waals surface area contributed by atoms with Crippen LogP contribution in [0.4, 0.5) is 0 Å². The van der Waals surface area contributed by atoms with Crippen molar-refractivity contribution in [2.45, 2.75) is 44.4 Å². The molecule has 3 heterocycles. The Hall–Kier alpha value is -2.00. The van der Waals surface area contributed by atoms with Crippen LogP contribution >= 0.6 is 0 Å². The van der Waals surface area contributed by atoms with Gasteiger partial charge in [0.1, 0.15) is 12.2 Å². The second-order valence-corrected chi connectivity index (χ2v) is 8.21. The molecule has 9 heteroatoms. The summed E-state index contributed by atoms with van der Waals surface area (Å²) in [6.07, 6.45) is 3.90. The molecule has 1 aliphatic carbocycles. The number of amides is 2. The van der Waals surface area contributed by atoms with E-state index in [0.717, 1.165) is 19.5 Å². The van der Waals surface area contributed by atoms with Crippen molar-refractivity contribution < 1.29 is 14.7 Å². The van der Waals surface area contributed by atoms with Crippen molar-refractivity contribution in [2.24, 2.45) is 5.92 Å². The molecule has 1 saturated carbocycles. The lowest BCUT2D eigenvalue weighted by atomic mass is 9.77. The Labute approximate surface area is 158 Å². The lowest BCUT2D eigenvalue weighted by Crippen LogP contribution is -2.51. The van der Waals surface area contributed by atoms with E-state index in [2.05, 4.69) is 22.0 Å². The number of hydrogen-bond acceptors (Lipinski definition) is 6. The molecule has 148 valence electrons. The Morgan fingerprint density at radius 1 is 1.19 bits per heavy atom. The normalized spacial score (nSPS) is 25.5. The van der Waals surface area contributed by atoms with Gasteiger partial charge < -0.3 is 19.8 Å². The van der Waals surface area contributed by atoms with Crippen molar-refractivity contribution in [1.29, 1.82) is 0 Å². The summed E-state index contributed by atoms with van der Waals surface area (Å²) >= 11 is 0. The highest BCUT2D eigenvalue weighted by atomic mass is 16.3. The molecule has 0 radical (unpaired) electrons. The fourth-order valence-corrected chi connectivity index (χ4v) is 4.12. The van der Waals surface area contributed by atoms with Gasteiger partial charge in [-0.2, -0.15) is 5.10 Å². The highest BCUT2D eigenvalue weighted by molar-refractivity contribution is 5.81. The highest BCUT2D eigenvalue weighted by Crippen LogP contribution is 2.35. The maximum atomic E-state index is 13.1. The second kappa shape index (κ2) is 7.20. The first-order valence-corrected chi connectivity index (χ1v) is 9.78. The number of aromatic nitrogens is 3. The summed E-state index contributed by atoms with van der Waals surface area (Å²) in [7, 11) is 2.06. The van der Waals surface area contributed by atoms with Crippen LogP contribution in [0.1, 0.15) is 31.5 Å². The third-order valence-electron chi connectivity index (χ3n) is 6.14. The number of likely N-dealkylation sites (N-methyl/N-ethyl adjacent to an activating group) is 1. The molecule has 2 aliphatic heterocycles. The molecule has 2 fully saturated rings. The number of carbonyl (C=O) groups is 2. The van der Waals surface area contributed by atoms with E-state index in [1.807, 2.05) is 4.90 Å². The molecule has 1 saturated heterocycles. The fraction of sp³-hybridized carbons (Fsp3) is 0.778. The average molecular weight is 376 g/mol. The topological polar surface area (TPSA) is 94.8 Å². The van der Waals surface area contributed by atoms with Crippen molar-refractivity contribution >= 4 is 11.8 Å². The summed E-state index contributed by atoms with van der Waals surface area (Å²) < 4.78 is 1.74. The number of nitrogens with zero attached hydrogens (tertiary/aromatic N) is 6. The van der Waals surface area contributed by atoms with Crippen LogP contribution in [0, 0.1) is 5.92 Å². The van der Waals surface area contributed by atoms with Gasteiger partial charge in [0.15, 0.2) is 0 Å². The lowest BCUT2D eigenvalue weighted by molar-refractivity contribution is -0.144. The molecule has 9 nitrogen and oxygen atoms in total. The minimum atomic E-state index is -0.867. The third-order valence-corrected chi connectivity index (χ3v) is 6.14. The van der Waals surface area contributed by atoms with Gasteiger partial charge in [0.05, 0.1) is 31.0 Å². The van der Waals surface area contributed by atoms with E-state index in [4.69, 9.17) is 0 Å². The smallest absolute Gasteiger partial charge is 0.229 e. The van der Waals surface area contributed by atoms with Crippen molar-refractivity contribution in [3.8, 4) is 0 Å². The molecule has 0 spiro atoms. The fourth-order valence-electron chi connectivity index (χ4n) is 4.12. The number of hydrogen-bond donors (Lipinski definition) is 1. The van der Waals surface area contributed by atoms with Gasteiger partial charge in [0.25, 0.3) is 0 Å². The molecule has 4 rings (SSSR count). The molecular formula is C18H28N6O3. The molecule has 1 aromatic rings. The molecule has 27 heavy (non-hydrogen) atoms. The quantitative estimate of drug-likeness (QED) is 0.751. The zero-order valence-corrected chi connectivity index (χ0v) is 15.9. The number of carbonyl (C=O) groups excluding carboxylic acids is 2. The van der Waals surface area contributed by atoms with Gasteiger partial charge in [0, 0.05) is 32.7 Å². The summed E-state index contributed by atoms with van der Waals surface area (Å²) in [4.78, 5) is 36.0. The summed E-state index contributed by atoms with van der Waals surface area (Å²) in [5, 5.41) is 14.6. The number of fused-ring (bicyclic) bond motifs is 1. The molecule has 1 atom stereocenters. The largest absolute Gasteiger partial charge is 0.389 e. The monoisotopic (exact) mass is 376 g/mol. The van der Waals surface area contributed by atoms with Crippen molar-refractivity contribution in [1.82, 2.24) is 29.5 Å². The van der Waals surface area contributed by atoms with Crippen LogP contribution in [0.2, 0.25) is 0 Å². The van der Waals surface area contributed by atoms with Crippen molar-refractivity contribution in [2.75, 3.05) is 39.8 Å². The first kappa shape index (κ1) is 18.4. The van der Waals surface area contributed by atoms with Gasteiger partial charge in [0.2, 0.25) is 11.8 Å². The molecule has 1 unspecified atom stereocenters.